The van der Waals surface area contributed by atoms with Crippen LogP contribution in [-0.4, -0.2) is 13.2 Å². The van der Waals surface area contributed by atoms with Crippen LogP contribution in [0.5, 0.6) is 0 Å². The first-order chi connectivity index (χ1) is 10.3. The average Bonchev–Trinajstić information content (AvgIpc) is 2.53. The van der Waals surface area contributed by atoms with Gasteiger partial charge >= 0.3 is 0 Å². The molecule has 4 heteroatoms. The maximum atomic E-state index is 8.85. The Hall–Kier alpha value is -2.02. The number of nitrogens with one attached hydrogen (secondary N) is 1. The van der Waals surface area contributed by atoms with E-state index in [1.165, 1.54) is 11.1 Å². The number of hydrogen-bond donors (Lipinski definition) is 1. The predicted octanol–water partition coefficient (Wildman–Crippen LogP) is 3.94. The van der Waals surface area contributed by atoms with Crippen molar-refractivity contribution in [1.82, 2.24) is 0 Å². The zero-order chi connectivity index (χ0) is 14.7. The normalized spacial score (nSPS) is 16.9. The topological polar surface area (TPSA) is 45.0 Å². The van der Waals surface area contributed by atoms with Gasteiger partial charge in [0.25, 0.3) is 0 Å². The van der Waals surface area contributed by atoms with Gasteiger partial charge in [-0.05, 0) is 35.7 Å². The molecular formula is C17H15ClN2O. The van der Waals surface area contributed by atoms with E-state index in [1.54, 1.807) is 12.1 Å². The van der Waals surface area contributed by atoms with E-state index in [0.717, 1.165) is 18.7 Å². The third-order valence-electron chi connectivity index (χ3n) is 3.67. The molecular weight excluding hydrogens is 284 g/mol. The lowest BCUT2D eigenvalue weighted by atomic mass is 9.97. The molecule has 1 unspecified atom stereocenters. The van der Waals surface area contributed by atoms with Crippen LogP contribution in [-0.2, 0) is 11.2 Å². The average molecular weight is 299 g/mol. The van der Waals surface area contributed by atoms with Crippen LogP contribution in [0.3, 0.4) is 0 Å². The fraction of sp³-hybridized carbons (Fsp3) is 0.235. The van der Waals surface area contributed by atoms with Crippen LogP contribution < -0.4 is 5.32 Å². The molecule has 3 rings (SSSR count). The number of anilines is 1. The molecule has 2 aromatic rings. The molecule has 3 nitrogen and oxygen atoms in total. The zero-order valence-electron chi connectivity index (χ0n) is 11.5. The maximum Gasteiger partial charge on any atom is 0.0999 e. The highest BCUT2D eigenvalue weighted by atomic mass is 35.5. The van der Waals surface area contributed by atoms with Gasteiger partial charge in [-0.25, -0.2) is 0 Å². The lowest BCUT2D eigenvalue weighted by Gasteiger charge is -2.26. The summed E-state index contributed by atoms with van der Waals surface area (Å²) in [6.45, 7) is 1.40. The molecule has 0 amide bonds. The minimum Gasteiger partial charge on any atom is -0.381 e. The molecule has 0 aromatic heterocycles. The fourth-order valence-electron chi connectivity index (χ4n) is 2.58. The van der Waals surface area contributed by atoms with Crippen molar-refractivity contribution in [2.45, 2.75) is 12.5 Å². The quantitative estimate of drug-likeness (QED) is 0.933. The largest absolute Gasteiger partial charge is 0.381 e. The number of rotatable bonds is 3. The Morgan fingerprint density at radius 1 is 1.29 bits per heavy atom. The first-order valence-electron chi connectivity index (χ1n) is 6.91. The summed E-state index contributed by atoms with van der Waals surface area (Å²) in [6.07, 6.45) is 0.992. The molecule has 1 atom stereocenters. The maximum absolute atomic E-state index is 8.85. The standard InChI is InChI=1S/C17H15ClN2O/c18-15-9-12(10-19)5-6-16(15)20-11-17-14-4-2-1-3-13(14)7-8-21-17/h1-6,9,17,20H,7-8,11H2. The molecule has 0 saturated carbocycles. The molecule has 0 aliphatic carbocycles. The van der Waals surface area contributed by atoms with Crippen LogP contribution in [0.1, 0.15) is 22.8 Å². The number of fused-ring (bicyclic) bond motifs is 1. The summed E-state index contributed by atoms with van der Waals surface area (Å²) in [5.41, 5.74) is 3.97. The van der Waals surface area contributed by atoms with Crippen molar-refractivity contribution in [2.24, 2.45) is 0 Å². The highest BCUT2D eigenvalue weighted by Gasteiger charge is 2.20. The number of hydrogen-bond acceptors (Lipinski definition) is 3. The lowest BCUT2D eigenvalue weighted by molar-refractivity contribution is 0.0513. The third kappa shape index (κ3) is 3.02. The van der Waals surface area contributed by atoms with E-state index < -0.39 is 0 Å². The summed E-state index contributed by atoms with van der Waals surface area (Å²) >= 11 is 6.17. The molecule has 0 spiro atoms. The lowest BCUT2D eigenvalue weighted by Crippen LogP contribution is -2.22. The van der Waals surface area contributed by atoms with E-state index in [4.69, 9.17) is 21.6 Å². The second kappa shape index (κ2) is 6.17. The molecule has 1 aliphatic rings. The molecule has 0 fully saturated rings. The van der Waals surface area contributed by atoms with Crippen LogP contribution >= 0.6 is 11.6 Å². The minimum absolute atomic E-state index is 0.0293. The Labute approximate surface area is 129 Å². The van der Waals surface area contributed by atoms with E-state index >= 15 is 0 Å². The first kappa shape index (κ1) is 13.9. The summed E-state index contributed by atoms with van der Waals surface area (Å²) in [5.74, 6) is 0. The molecule has 1 heterocycles. The summed E-state index contributed by atoms with van der Waals surface area (Å²) in [5, 5.41) is 12.7. The van der Waals surface area contributed by atoms with Gasteiger partial charge in [0, 0.05) is 6.54 Å². The monoisotopic (exact) mass is 298 g/mol. The Kier molecular flexibility index (Phi) is 4.10. The predicted molar refractivity (Wildman–Crippen MR) is 83.5 cm³/mol. The van der Waals surface area contributed by atoms with Crippen molar-refractivity contribution in [1.29, 1.82) is 5.26 Å². The Balaban J connectivity index is 1.73. The van der Waals surface area contributed by atoms with Crippen molar-refractivity contribution in [3.05, 3.63) is 64.2 Å². The van der Waals surface area contributed by atoms with Gasteiger partial charge in [0.15, 0.2) is 0 Å². The van der Waals surface area contributed by atoms with Crippen molar-refractivity contribution in [3.63, 3.8) is 0 Å². The Morgan fingerprint density at radius 3 is 2.95 bits per heavy atom. The Bertz CT molecular complexity index is 693. The zero-order valence-corrected chi connectivity index (χ0v) is 12.2. The van der Waals surface area contributed by atoms with Crippen molar-refractivity contribution in [3.8, 4) is 6.07 Å². The molecule has 0 radical (unpaired) electrons. The van der Waals surface area contributed by atoms with E-state index in [2.05, 4.69) is 29.6 Å². The molecule has 1 aliphatic heterocycles. The van der Waals surface area contributed by atoms with Crippen LogP contribution in [0, 0.1) is 11.3 Å². The highest BCUT2D eigenvalue weighted by molar-refractivity contribution is 6.33. The summed E-state index contributed by atoms with van der Waals surface area (Å²) in [7, 11) is 0. The number of benzene rings is 2. The van der Waals surface area contributed by atoms with Gasteiger partial charge in [-0.2, -0.15) is 5.26 Å². The third-order valence-corrected chi connectivity index (χ3v) is 3.98. The van der Waals surface area contributed by atoms with Crippen molar-refractivity contribution < 1.29 is 4.74 Å². The molecule has 0 bridgehead atoms. The van der Waals surface area contributed by atoms with Crippen LogP contribution in [0.4, 0.5) is 5.69 Å². The minimum atomic E-state index is 0.0293. The number of nitrogens with zero attached hydrogens (tertiary/aromatic N) is 1. The van der Waals surface area contributed by atoms with Gasteiger partial charge in [-0.15, -0.1) is 0 Å². The second-order valence-corrected chi connectivity index (χ2v) is 5.40. The fourth-order valence-corrected chi connectivity index (χ4v) is 2.82. The van der Waals surface area contributed by atoms with Crippen molar-refractivity contribution >= 4 is 17.3 Å². The highest BCUT2D eigenvalue weighted by Crippen LogP contribution is 2.29. The number of halogens is 1. The van der Waals surface area contributed by atoms with E-state index in [0.29, 0.717) is 17.1 Å². The van der Waals surface area contributed by atoms with Crippen LogP contribution in [0.15, 0.2) is 42.5 Å². The van der Waals surface area contributed by atoms with Crippen molar-refractivity contribution in [2.75, 3.05) is 18.5 Å². The summed E-state index contributed by atoms with van der Waals surface area (Å²) in [6, 6.07) is 15.7. The van der Waals surface area contributed by atoms with E-state index in [-0.39, 0.29) is 6.10 Å². The molecule has 0 saturated heterocycles. The molecule has 2 aromatic carbocycles. The van der Waals surface area contributed by atoms with Crippen LogP contribution in [0.25, 0.3) is 0 Å². The Morgan fingerprint density at radius 2 is 2.14 bits per heavy atom. The number of nitriles is 1. The van der Waals surface area contributed by atoms with Gasteiger partial charge in [0.2, 0.25) is 0 Å². The second-order valence-electron chi connectivity index (χ2n) is 5.00. The smallest absolute Gasteiger partial charge is 0.0999 e. The number of ether oxygens (including phenoxy) is 1. The van der Waals surface area contributed by atoms with Gasteiger partial charge < -0.3 is 10.1 Å². The van der Waals surface area contributed by atoms with Gasteiger partial charge in [-0.3, -0.25) is 0 Å². The SMILES string of the molecule is N#Cc1ccc(NCC2OCCc3ccccc32)c(Cl)c1. The van der Waals surface area contributed by atoms with E-state index in [9.17, 15) is 0 Å². The van der Waals surface area contributed by atoms with E-state index in [1.807, 2.05) is 12.1 Å². The van der Waals surface area contributed by atoms with Gasteiger partial charge in [0.05, 0.1) is 35.1 Å². The summed E-state index contributed by atoms with van der Waals surface area (Å²) in [4.78, 5) is 0. The molecule has 21 heavy (non-hydrogen) atoms. The molecule has 1 N–H and O–H groups in total. The van der Waals surface area contributed by atoms with Gasteiger partial charge in [-0.1, -0.05) is 35.9 Å². The van der Waals surface area contributed by atoms with Crippen LogP contribution in [0.2, 0.25) is 5.02 Å². The van der Waals surface area contributed by atoms with Gasteiger partial charge in [0.1, 0.15) is 0 Å². The summed E-state index contributed by atoms with van der Waals surface area (Å²) < 4.78 is 5.85. The first-order valence-corrected chi connectivity index (χ1v) is 7.28. The molecule has 106 valence electrons.